The maximum Gasteiger partial charge on any atom is 0.169 e. The first-order chi connectivity index (χ1) is 5.70. The summed E-state index contributed by atoms with van der Waals surface area (Å²) in [6.45, 7) is 1.55. The smallest absolute Gasteiger partial charge is 0.169 e. The van der Waals surface area contributed by atoms with E-state index in [4.69, 9.17) is 10.00 Å². The van der Waals surface area contributed by atoms with E-state index in [2.05, 4.69) is 0 Å². The summed E-state index contributed by atoms with van der Waals surface area (Å²) < 4.78 is 17.9. The van der Waals surface area contributed by atoms with Gasteiger partial charge in [-0.25, -0.2) is 4.39 Å². The molecule has 3 heteroatoms. The first-order valence-corrected chi connectivity index (χ1v) is 3.44. The number of ether oxygens (including phenoxy) is 1. The van der Waals surface area contributed by atoms with Crippen molar-refractivity contribution in [2.24, 2.45) is 0 Å². The number of methoxy groups -OCH3 is 1. The van der Waals surface area contributed by atoms with Crippen molar-refractivity contribution in [1.29, 1.82) is 5.26 Å². The van der Waals surface area contributed by atoms with E-state index >= 15 is 0 Å². The van der Waals surface area contributed by atoms with Crippen molar-refractivity contribution in [3.05, 3.63) is 29.1 Å². The number of benzene rings is 1. The van der Waals surface area contributed by atoms with E-state index in [0.29, 0.717) is 11.1 Å². The molecule has 0 spiro atoms. The van der Waals surface area contributed by atoms with Gasteiger partial charge in [-0.1, -0.05) is 0 Å². The molecule has 0 aliphatic heterocycles. The normalized spacial score (nSPS) is 9.17. The van der Waals surface area contributed by atoms with Crippen LogP contribution in [0, 0.1) is 24.1 Å². The average molecular weight is 165 g/mol. The Morgan fingerprint density at radius 1 is 1.50 bits per heavy atom. The molecule has 0 atom stereocenters. The van der Waals surface area contributed by atoms with Gasteiger partial charge in [0.2, 0.25) is 0 Å². The lowest BCUT2D eigenvalue weighted by atomic mass is 10.1. The standard InChI is InChI=1S/C9H8FNO/c1-6-7(5-11)3-4-8(12-2)9(6)10/h3-4H,1-2H3. The van der Waals surface area contributed by atoms with Gasteiger partial charge in [0, 0.05) is 5.56 Å². The Kier molecular flexibility index (Phi) is 2.29. The molecule has 1 aromatic carbocycles. The molecule has 0 aliphatic carbocycles. The molecular formula is C9H8FNO. The largest absolute Gasteiger partial charge is 0.494 e. The molecule has 0 unspecified atom stereocenters. The van der Waals surface area contributed by atoms with Crippen LogP contribution in [0.4, 0.5) is 4.39 Å². The third-order valence-electron chi connectivity index (χ3n) is 1.69. The van der Waals surface area contributed by atoms with Crippen LogP contribution in [-0.2, 0) is 0 Å². The van der Waals surface area contributed by atoms with Crippen molar-refractivity contribution in [1.82, 2.24) is 0 Å². The lowest BCUT2D eigenvalue weighted by Crippen LogP contribution is -1.93. The summed E-state index contributed by atoms with van der Waals surface area (Å²) in [5.74, 6) is -0.289. The molecule has 0 saturated heterocycles. The first kappa shape index (κ1) is 8.54. The second-order valence-electron chi connectivity index (χ2n) is 2.37. The number of nitrogens with zero attached hydrogens (tertiary/aromatic N) is 1. The fourth-order valence-electron chi connectivity index (χ4n) is 0.939. The zero-order valence-corrected chi connectivity index (χ0v) is 6.89. The highest BCUT2D eigenvalue weighted by molar-refractivity contribution is 5.43. The van der Waals surface area contributed by atoms with Gasteiger partial charge < -0.3 is 4.74 Å². The second kappa shape index (κ2) is 3.22. The van der Waals surface area contributed by atoms with Crippen molar-refractivity contribution in [2.45, 2.75) is 6.92 Å². The molecule has 0 N–H and O–H groups in total. The second-order valence-corrected chi connectivity index (χ2v) is 2.37. The summed E-state index contributed by atoms with van der Waals surface area (Å²) >= 11 is 0. The van der Waals surface area contributed by atoms with Crippen LogP contribution in [-0.4, -0.2) is 7.11 Å². The Labute approximate surface area is 70.2 Å². The van der Waals surface area contributed by atoms with Crippen molar-refractivity contribution in [3.8, 4) is 11.8 Å². The molecule has 1 aromatic rings. The quantitative estimate of drug-likeness (QED) is 0.637. The molecule has 0 bridgehead atoms. The molecule has 1 rings (SSSR count). The summed E-state index contributed by atoms with van der Waals surface area (Å²) in [5, 5.41) is 8.55. The SMILES string of the molecule is COc1ccc(C#N)c(C)c1F. The number of rotatable bonds is 1. The van der Waals surface area contributed by atoms with E-state index in [9.17, 15) is 4.39 Å². The molecule has 12 heavy (non-hydrogen) atoms. The van der Waals surface area contributed by atoms with Crippen LogP contribution in [0.2, 0.25) is 0 Å². The Hall–Kier alpha value is -1.56. The van der Waals surface area contributed by atoms with E-state index in [-0.39, 0.29) is 5.75 Å². The van der Waals surface area contributed by atoms with Crippen LogP contribution in [0.3, 0.4) is 0 Å². The third kappa shape index (κ3) is 1.24. The highest BCUT2D eigenvalue weighted by Crippen LogP contribution is 2.22. The number of halogens is 1. The Morgan fingerprint density at radius 3 is 2.67 bits per heavy atom. The van der Waals surface area contributed by atoms with Crippen LogP contribution < -0.4 is 4.74 Å². The van der Waals surface area contributed by atoms with Gasteiger partial charge in [-0.2, -0.15) is 5.26 Å². The summed E-state index contributed by atoms with van der Waals surface area (Å²) in [4.78, 5) is 0. The zero-order valence-electron chi connectivity index (χ0n) is 6.89. The predicted molar refractivity (Wildman–Crippen MR) is 42.4 cm³/mol. The topological polar surface area (TPSA) is 33.0 Å². The van der Waals surface area contributed by atoms with Crippen LogP contribution in [0.1, 0.15) is 11.1 Å². The summed E-state index contributed by atoms with van der Waals surface area (Å²) in [6, 6.07) is 4.88. The lowest BCUT2D eigenvalue weighted by Gasteiger charge is -2.04. The average Bonchev–Trinajstić information content (AvgIpc) is 2.10. The van der Waals surface area contributed by atoms with Gasteiger partial charge in [0.1, 0.15) is 0 Å². The van der Waals surface area contributed by atoms with E-state index in [1.54, 1.807) is 6.92 Å². The molecule has 0 heterocycles. The minimum absolute atomic E-state index is 0.173. The fourth-order valence-corrected chi connectivity index (χ4v) is 0.939. The first-order valence-electron chi connectivity index (χ1n) is 3.44. The highest BCUT2D eigenvalue weighted by atomic mass is 19.1. The molecule has 0 aliphatic rings. The van der Waals surface area contributed by atoms with Gasteiger partial charge in [-0.3, -0.25) is 0 Å². The zero-order chi connectivity index (χ0) is 9.14. The molecule has 2 nitrogen and oxygen atoms in total. The van der Waals surface area contributed by atoms with Gasteiger partial charge in [0.25, 0.3) is 0 Å². The Bertz CT molecular complexity index is 341. The number of hydrogen-bond donors (Lipinski definition) is 0. The van der Waals surface area contributed by atoms with Gasteiger partial charge in [0.05, 0.1) is 18.7 Å². The van der Waals surface area contributed by atoms with Gasteiger partial charge >= 0.3 is 0 Å². The van der Waals surface area contributed by atoms with Crippen LogP contribution >= 0.6 is 0 Å². The van der Waals surface area contributed by atoms with Gasteiger partial charge in [-0.05, 0) is 19.1 Å². The third-order valence-corrected chi connectivity index (χ3v) is 1.69. The molecule has 0 aromatic heterocycles. The lowest BCUT2D eigenvalue weighted by molar-refractivity contribution is 0.385. The summed E-state index contributed by atoms with van der Waals surface area (Å²) in [5.41, 5.74) is 0.671. The van der Waals surface area contributed by atoms with Crippen molar-refractivity contribution < 1.29 is 9.13 Å². The molecule has 0 radical (unpaired) electrons. The maximum atomic E-state index is 13.2. The van der Waals surface area contributed by atoms with Crippen LogP contribution in [0.15, 0.2) is 12.1 Å². The molecule has 0 amide bonds. The molecule has 0 saturated carbocycles. The molecule has 62 valence electrons. The predicted octanol–water partition coefficient (Wildman–Crippen LogP) is 2.01. The Morgan fingerprint density at radius 2 is 2.17 bits per heavy atom. The number of nitriles is 1. The summed E-state index contributed by atoms with van der Waals surface area (Å²) in [6.07, 6.45) is 0. The van der Waals surface area contributed by atoms with Crippen LogP contribution in [0.25, 0.3) is 0 Å². The van der Waals surface area contributed by atoms with Crippen molar-refractivity contribution >= 4 is 0 Å². The van der Waals surface area contributed by atoms with Gasteiger partial charge in [-0.15, -0.1) is 0 Å². The minimum atomic E-state index is -0.462. The number of hydrogen-bond acceptors (Lipinski definition) is 2. The van der Waals surface area contributed by atoms with E-state index in [1.165, 1.54) is 19.2 Å². The van der Waals surface area contributed by atoms with E-state index < -0.39 is 5.82 Å². The Balaban J connectivity index is 3.32. The van der Waals surface area contributed by atoms with E-state index in [0.717, 1.165) is 0 Å². The van der Waals surface area contributed by atoms with Crippen LogP contribution in [0.5, 0.6) is 5.75 Å². The van der Waals surface area contributed by atoms with E-state index in [1.807, 2.05) is 6.07 Å². The monoisotopic (exact) mass is 165 g/mol. The fraction of sp³-hybridized carbons (Fsp3) is 0.222. The highest BCUT2D eigenvalue weighted by Gasteiger charge is 2.08. The van der Waals surface area contributed by atoms with Crippen molar-refractivity contribution in [2.75, 3.05) is 7.11 Å². The molecule has 0 fully saturated rings. The van der Waals surface area contributed by atoms with Gasteiger partial charge in [0.15, 0.2) is 11.6 Å². The minimum Gasteiger partial charge on any atom is -0.494 e. The maximum absolute atomic E-state index is 13.2. The van der Waals surface area contributed by atoms with Crippen molar-refractivity contribution in [3.63, 3.8) is 0 Å². The molecular weight excluding hydrogens is 157 g/mol. The summed E-state index contributed by atoms with van der Waals surface area (Å²) in [7, 11) is 1.39.